The summed E-state index contributed by atoms with van der Waals surface area (Å²) in [6.07, 6.45) is 0. The van der Waals surface area contributed by atoms with Crippen LogP contribution in [0.25, 0.3) is 0 Å². The molecular formula is C20H15ClN2O4S. The van der Waals surface area contributed by atoms with Crippen molar-refractivity contribution in [1.29, 1.82) is 0 Å². The fourth-order valence-corrected chi connectivity index (χ4v) is 4.62. The van der Waals surface area contributed by atoms with Gasteiger partial charge < -0.3 is 5.73 Å². The van der Waals surface area contributed by atoms with Gasteiger partial charge in [-0.15, -0.1) is 10.6 Å². The van der Waals surface area contributed by atoms with Crippen molar-refractivity contribution < 1.29 is 18.7 Å². The molecule has 6 nitrogen and oxygen atoms in total. The van der Waals surface area contributed by atoms with E-state index in [0.29, 0.717) is 16.3 Å². The number of benzene rings is 3. The van der Waals surface area contributed by atoms with Crippen LogP contribution in [0.3, 0.4) is 0 Å². The first-order chi connectivity index (χ1) is 13.3. The summed E-state index contributed by atoms with van der Waals surface area (Å²) in [6.45, 7) is 0. The lowest BCUT2D eigenvalue weighted by Gasteiger charge is -2.32. The lowest BCUT2D eigenvalue weighted by molar-refractivity contribution is 0.0926. The second kappa shape index (κ2) is 6.65. The molecule has 8 heteroatoms. The molecule has 4 rings (SSSR count). The summed E-state index contributed by atoms with van der Waals surface area (Å²) in [5.41, 5.74) is 6.88. The highest BCUT2D eigenvalue weighted by atomic mass is 35.5. The molecule has 0 fully saturated rings. The van der Waals surface area contributed by atoms with E-state index in [1.807, 2.05) is 0 Å². The Morgan fingerprint density at radius 3 is 1.96 bits per heavy atom. The van der Waals surface area contributed by atoms with Crippen molar-refractivity contribution in [1.82, 2.24) is 0 Å². The topological polar surface area (TPSA) is 104 Å². The number of rotatable bonds is 3. The molecule has 1 aliphatic heterocycles. The van der Waals surface area contributed by atoms with E-state index >= 15 is 0 Å². The molecule has 0 spiro atoms. The Balaban J connectivity index is 1.68. The number of amides is 2. The zero-order valence-electron chi connectivity index (χ0n) is 14.4. The van der Waals surface area contributed by atoms with Crippen molar-refractivity contribution in [2.24, 2.45) is 0 Å². The van der Waals surface area contributed by atoms with Crippen LogP contribution in [0.2, 0.25) is 5.02 Å². The number of hydrogen-bond acceptors (Lipinski definition) is 5. The number of carbonyl (C=O) groups excluding carboxylic acids is 2. The molecule has 142 valence electrons. The summed E-state index contributed by atoms with van der Waals surface area (Å²) in [5.74, 6) is -0.983. The maximum absolute atomic E-state index is 12.7. The predicted octanol–water partition coefficient (Wildman–Crippen LogP) is 4.89. The Bertz CT molecular complexity index is 1100. The second-order valence-electron chi connectivity index (χ2n) is 6.22. The molecule has 0 saturated heterocycles. The fourth-order valence-electron chi connectivity index (χ4n) is 3.06. The smallest absolute Gasteiger partial charge is 0.267 e. The number of halogens is 1. The lowest BCUT2D eigenvalue weighted by atomic mass is 10.1. The van der Waals surface area contributed by atoms with E-state index in [1.54, 1.807) is 42.5 Å². The van der Waals surface area contributed by atoms with Crippen LogP contribution < -0.4 is 10.6 Å². The molecular weight excluding hydrogens is 400 g/mol. The van der Waals surface area contributed by atoms with Crippen LogP contribution in [0.4, 0.5) is 11.4 Å². The van der Waals surface area contributed by atoms with Gasteiger partial charge in [0.15, 0.2) is 0 Å². The quantitative estimate of drug-likeness (QED) is 0.418. The van der Waals surface area contributed by atoms with Crippen LogP contribution in [-0.4, -0.2) is 20.9 Å². The Morgan fingerprint density at radius 1 is 0.821 bits per heavy atom. The number of nitrogen functional groups attached to an aromatic ring is 1. The zero-order chi connectivity index (χ0) is 20.1. The van der Waals surface area contributed by atoms with Gasteiger partial charge in [-0.25, -0.2) is 4.90 Å². The summed E-state index contributed by atoms with van der Waals surface area (Å²) in [7, 11) is -3.25. The van der Waals surface area contributed by atoms with Crippen molar-refractivity contribution in [2.45, 2.75) is 9.79 Å². The minimum Gasteiger partial charge on any atom is -0.399 e. The van der Waals surface area contributed by atoms with Crippen molar-refractivity contribution in [2.75, 3.05) is 10.6 Å². The number of fused-ring (bicyclic) bond motifs is 1. The van der Waals surface area contributed by atoms with Gasteiger partial charge in [0.2, 0.25) is 0 Å². The monoisotopic (exact) mass is 414 g/mol. The van der Waals surface area contributed by atoms with E-state index in [4.69, 9.17) is 17.3 Å². The van der Waals surface area contributed by atoms with Gasteiger partial charge in [0, 0.05) is 5.69 Å². The third-order valence-corrected chi connectivity index (χ3v) is 6.67. The van der Waals surface area contributed by atoms with Gasteiger partial charge in [-0.3, -0.25) is 18.7 Å². The molecule has 0 radical (unpaired) electrons. The summed E-state index contributed by atoms with van der Waals surface area (Å²) < 4.78 is 21.2. The predicted molar refractivity (Wildman–Crippen MR) is 109 cm³/mol. The maximum Gasteiger partial charge on any atom is 0.267 e. The largest absolute Gasteiger partial charge is 0.399 e. The molecule has 4 N–H and O–H groups in total. The molecule has 2 amide bonds. The highest BCUT2D eigenvalue weighted by Gasteiger charge is 2.38. The standard InChI is InChI=1S/C20H15ClN2O4S/c21-17-3-1-2-16-18(17)20(25)23(19(16)24)13-6-10-15(11-7-13)28(26,27)14-8-4-12(22)5-9-14/h1-11,26-27H,22H2. The first-order valence-corrected chi connectivity index (χ1v) is 10.1. The van der Waals surface area contributed by atoms with Crippen molar-refractivity contribution in [3.05, 3.63) is 82.9 Å². The van der Waals surface area contributed by atoms with Gasteiger partial charge in [-0.2, -0.15) is 0 Å². The van der Waals surface area contributed by atoms with Gasteiger partial charge in [0.05, 0.1) is 31.6 Å². The summed E-state index contributed by atoms with van der Waals surface area (Å²) in [5, 5.41) is 0.215. The van der Waals surface area contributed by atoms with E-state index < -0.39 is 22.4 Å². The van der Waals surface area contributed by atoms with Crippen LogP contribution in [0, 0.1) is 0 Å². The Kier molecular flexibility index (Phi) is 4.40. The van der Waals surface area contributed by atoms with Crippen LogP contribution in [0.15, 0.2) is 76.5 Å². The molecule has 3 aromatic rings. The molecule has 0 saturated carbocycles. The number of carbonyl (C=O) groups is 2. The van der Waals surface area contributed by atoms with E-state index in [9.17, 15) is 18.7 Å². The normalized spacial score (nSPS) is 14.3. The minimum atomic E-state index is -3.25. The van der Waals surface area contributed by atoms with Gasteiger partial charge in [0.1, 0.15) is 0 Å². The molecule has 28 heavy (non-hydrogen) atoms. The average Bonchev–Trinajstić information content (AvgIpc) is 2.94. The number of hydrogen-bond donors (Lipinski definition) is 3. The van der Waals surface area contributed by atoms with Crippen LogP contribution in [-0.2, 0) is 0 Å². The molecule has 0 aromatic heterocycles. The van der Waals surface area contributed by atoms with Crippen molar-refractivity contribution in [3.8, 4) is 0 Å². The summed E-state index contributed by atoms with van der Waals surface area (Å²) in [6, 6.07) is 16.9. The van der Waals surface area contributed by atoms with E-state index in [2.05, 4.69) is 0 Å². The van der Waals surface area contributed by atoms with E-state index in [-0.39, 0.29) is 21.0 Å². The van der Waals surface area contributed by atoms with E-state index in [0.717, 1.165) is 4.90 Å². The van der Waals surface area contributed by atoms with Gasteiger partial charge >= 0.3 is 0 Å². The Morgan fingerprint density at radius 2 is 1.39 bits per heavy atom. The molecule has 0 aliphatic carbocycles. The average molecular weight is 415 g/mol. The Hall–Kier alpha value is -2.84. The molecule has 1 heterocycles. The van der Waals surface area contributed by atoms with Gasteiger partial charge in [-0.05, 0) is 60.7 Å². The second-order valence-corrected chi connectivity index (χ2v) is 8.67. The summed E-state index contributed by atoms with van der Waals surface area (Å²) >= 11 is 6.08. The number of nitrogens with zero attached hydrogens (tertiary/aromatic N) is 1. The third-order valence-electron chi connectivity index (χ3n) is 4.50. The van der Waals surface area contributed by atoms with Crippen LogP contribution in [0.5, 0.6) is 0 Å². The minimum absolute atomic E-state index is 0.171. The maximum atomic E-state index is 12.7. The zero-order valence-corrected chi connectivity index (χ0v) is 15.9. The molecule has 1 aliphatic rings. The number of anilines is 2. The molecule has 0 bridgehead atoms. The number of imide groups is 1. The fraction of sp³-hybridized carbons (Fsp3) is 0. The summed E-state index contributed by atoms with van der Waals surface area (Å²) in [4.78, 5) is 26.9. The first-order valence-electron chi connectivity index (χ1n) is 8.22. The third kappa shape index (κ3) is 2.85. The van der Waals surface area contributed by atoms with Crippen molar-refractivity contribution in [3.63, 3.8) is 0 Å². The highest BCUT2D eigenvalue weighted by molar-refractivity contribution is 8.24. The highest BCUT2D eigenvalue weighted by Crippen LogP contribution is 2.55. The van der Waals surface area contributed by atoms with Crippen LogP contribution >= 0.6 is 22.2 Å². The first kappa shape index (κ1) is 18.5. The lowest BCUT2D eigenvalue weighted by Crippen LogP contribution is -2.29. The van der Waals surface area contributed by atoms with Crippen LogP contribution in [0.1, 0.15) is 20.7 Å². The molecule has 0 unspecified atom stereocenters. The Labute approximate surface area is 167 Å². The van der Waals surface area contributed by atoms with Gasteiger partial charge in [-0.1, -0.05) is 17.7 Å². The molecule has 3 aromatic carbocycles. The van der Waals surface area contributed by atoms with Crippen molar-refractivity contribution >= 4 is 45.4 Å². The van der Waals surface area contributed by atoms with Gasteiger partial charge in [0.25, 0.3) is 11.8 Å². The van der Waals surface area contributed by atoms with E-state index in [1.165, 1.54) is 24.3 Å². The molecule has 0 atom stereocenters. The SMILES string of the molecule is Nc1ccc(S(O)(O)c2ccc(N3C(=O)c4cccc(Cl)c4C3=O)cc2)cc1. The number of nitrogens with two attached hydrogens (primary N) is 1.